The van der Waals surface area contributed by atoms with Gasteiger partial charge in [0.25, 0.3) is 5.91 Å². The number of carbonyl (C=O) groups excluding carboxylic acids is 2. The molecule has 3 rings (SSSR count). The third-order valence-corrected chi connectivity index (χ3v) is 6.09. The van der Waals surface area contributed by atoms with Crippen molar-refractivity contribution in [1.82, 2.24) is 15.6 Å². The van der Waals surface area contributed by atoms with Crippen LogP contribution >= 0.6 is 0 Å². The Morgan fingerprint density at radius 3 is 2.18 bits per heavy atom. The molecule has 10 heteroatoms. The molecule has 0 bridgehead atoms. The predicted octanol–water partition coefficient (Wildman–Crippen LogP) is 2.84. The molecule has 0 aliphatic heterocycles. The summed E-state index contributed by atoms with van der Waals surface area (Å²) < 4.78 is 54.8. The standard InChI is InChI=1S/C23H21F2N3O4S/c24-20-10-5-11-21(25)19(20)12-13-22(29)27-28-23(30)17-8-4-9-18(14-17)33(31,32)26-15-16-6-2-1-3-7-16/h1-11,14,26H,12-13,15H2,(H,27,29)(H,28,30). The summed E-state index contributed by atoms with van der Waals surface area (Å²) in [6.07, 6.45) is -0.461. The Bertz CT molecular complexity index is 1230. The zero-order valence-electron chi connectivity index (χ0n) is 17.3. The van der Waals surface area contributed by atoms with Gasteiger partial charge in [-0.2, -0.15) is 0 Å². The Kier molecular flexibility index (Phi) is 7.86. The quantitative estimate of drug-likeness (QED) is 0.438. The summed E-state index contributed by atoms with van der Waals surface area (Å²) in [7, 11) is -3.88. The number of carbonyl (C=O) groups is 2. The number of rotatable bonds is 8. The van der Waals surface area contributed by atoms with Crippen molar-refractivity contribution in [1.29, 1.82) is 0 Å². The van der Waals surface area contributed by atoms with Crippen LogP contribution in [0.3, 0.4) is 0 Å². The Labute approximate surface area is 189 Å². The molecule has 0 atom stereocenters. The summed E-state index contributed by atoms with van der Waals surface area (Å²) in [5.41, 5.74) is 4.85. The average molecular weight is 474 g/mol. The maximum absolute atomic E-state index is 13.6. The predicted molar refractivity (Wildman–Crippen MR) is 117 cm³/mol. The molecular formula is C23H21F2N3O4S. The van der Waals surface area contributed by atoms with E-state index in [-0.39, 0.29) is 35.4 Å². The highest BCUT2D eigenvalue weighted by atomic mass is 32.2. The third-order valence-electron chi connectivity index (χ3n) is 4.69. The van der Waals surface area contributed by atoms with E-state index >= 15 is 0 Å². The van der Waals surface area contributed by atoms with E-state index in [1.807, 2.05) is 6.07 Å². The van der Waals surface area contributed by atoms with Crippen LogP contribution in [0.4, 0.5) is 8.78 Å². The molecule has 0 aliphatic carbocycles. The molecule has 172 valence electrons. The van der Waals surface area contributed by atoms with Gasteiger partial charge in [0.15, 0.2) is 0 Å². The van der Waals surface area contributed by atoms with Crippen molar-refractivity contribution >= 4 is 21.8 Å². The van der Waals surface area contributed by atoms with E-state index in [1.54, 1.807) is 24.3 Å². The first-order valence-electron chi connectivity index (χ1n) is 9.92. The second kappa shape index (κ2) is 10.8. The summed E-state index contributed by atoms with van der Waals surface area (Å²) >= 11 is 0. The van der Waals surface area contributed by atoms with Crippen molar-refractivity contribution in [2.45, 2.75) is 24.3 Å². The van der Waals surface area contributed by atoms with Gasteiger partial charge in [-0.15, -0.1) is 0 Å². The highest BCUT2D eigenvalue weighted by Crippen LogP contribution is 2.14. The van der Waals surface area contributed by atoms with Crippen LogP contribution in [0, 0.1) is 11.6 Å². The number of hydrogen-bond donors (Lipinski definition) is 3. The van der Waals surface area contributed by atoms with Crippen molar-refractivity contribution in [2.24, 2.45) is 0 Å². The lowest BCUT2D eigenvalue weighted by atomic mass is 10.1. The second-order valence-electron chi connectivity index (χ2n) is 7.04. The maximum atomic E-state index is 13.6. The van der Waals surface area contributed by atoms with E-state index in [4.69, 9.17) is 0 Å². The maximum Gasteiger partial charge on any atom is 0.269 e. The van der Waals surface area contributed by atoms with Crippen molar-refractivity contribution in [2.75, 3.05) is 0 Å². The molecule has 2 amide bonds. The van der Waals surface area contributed by atoms with Crippen LogP contribution in [0.2, 0.25) is 0 Å². The summed E-state index contributed by atoms with van der Waals surface area (Å²) in [6.45, 7) is 0.0816. The zero-order chi connectivity index (χ0) is 23.8. The molecule has 0 aromatic heterocycles. The van der Waals surface area contributed by atoms with Crippen LogP contribution in [0.5, 0.6) is 0 Å². The molecule has 0 saturated carbocycles. The van der Waals surface area contributed by atoms with Gasteiger partial charge in [-0.3, -0.25) is 20.4 Å². The van der Waals surface area contributed by atoms with Crippen molar-refractivity contribution < 1.29 is 26.8 Å². The van der Waals surface area contributed by atoms with E-state index in [9.17, 15) is 26.8 Å². The van der Waals surface area contributed by atoms with Crippen LogP contribution in [0.25, 0.3) is 0 Å². The molecule has 33 heavy (non-hydrogen) atoms. The molecule has 0 fully saturated rings. The second-order valence-corrected chi connectivity index (χ2v) is 8.81. The minimum absolute atomic E-state index is 0.00182. The highest BCUT2D eigenvalue weighted by Gasteiger charge is 2.17. The zero-order valence-corrected chi connectivity index (χ0v) is 18.2. The van der Waals surface area contributed by atoms with Gasteiger partial charge in [0.05, 0.1) is 4.90 Å². The number of sulfonamides is 1. The Hall–Kier alpha value is -3.63. The molecule has 0 radical (unpaired) electrons. The summed E-state index contributed by atoms with van der Waals surface area (Å²) in [4.78, 5) is 24.2. The molecule has 0 spiro atoms. The van der Waals surface area contributed by atoms with E-state index in [0.717, 1.165) is 17.7 Å². The van der Waals surface area contributed by atoms with Crippen LogP contribution < -0.4 is 15.6 Å². The number of nitrogens with one attached hydrogen (secondary N) is 3. The first-order valence-corrected chi connectivity index (χ1v) is 11.4. The Balaban J connectivity index is 1.56. The van der Waals surface area contributed by atoms with E-state index in [0.29, 0.717) is 0 Å². The topological polar surface area (TPSA) is 104 Å². The SMILES string of the molecule is O=C(CCc1c(F)cccc1F)NNC(=O)c1cccc(S(=O)(=O)NCc2ccccc2)c1. The highest BCUT2D eigenvalue weighted by molar-refractivity contribution is 7.89. The number of halogens is 2. The van der Waals surface area contributed by atoms with Crippen LogP contribution in [-0.4, -0.2) is 20.2 Å². The van der Waals surface area contributed by atoms with Crippen LogP contribution in [-0.2, 0) is 27.8 Å². The first kappa shape index (κ1) is 24.0. The summed E-state index contributed by atoms with van der Waals surface area (Å²) in [6, 6.07) is 17.6. The molecule has 0 aliphatic rings. The lowest BCUT2D eigenvalue weighted by Crippen LogP contribution is -2.41. The minimum atomic E-state index is -3.88. The molecule has 3 aromatic carbocycles. The van der Waals surface area contributed by atoms with E-state index in [2.05, 4.69) is 15.6 Å². The number of hydrogen-bond acceptors (Lipinski definition) is 4. The average Bonchev–Trinajstić information content (AvgIpc) is 2.82. The fourth-order valence-corrected chi connectivity index (χ4v) is 4.00. The smallest absolute Gasteiger partial charge is 0.269 e. The molecule has 0 saturated heterocycles. The molecule has 3 aromatic rings. The van der Waals surface area contributed by atoms with E-state index < -0.39 is 33.5 Å². The lowest BCUT2D eigenvalue weighted by Gasteiger charge is -2.10. The van der Waals surface area contributed by atoms with Crippen molar-refractivity contribution in [3.05, 3.63) is 101 Å². The number of benzene rings is 3. The van der Waals surface area contributed by atoms with Gasteiger partial charge < -0.3 is 0 Å². The monoisotopic (exact) mass is 473 g/mol. The van der Waals surface area contributed by atoms with Gasteiger partial charge in [0.2, 0.25) is 15.9 Å². The third kappa shape index (κ3) is 6.67. The van der Waals surface area contributed by atoms with Gasteiger partial charge >= 0.3 is 0 Å². The molecule has 3 N–H and O–H groups in total. The molecule has 0 unspecified atom stereocenters. The van der Waals surface area contributed by atoms with Gasteiger partial charge in [0.1, 0.15) is 11.6 Å². The first-order chi connectivity index (χ1) is 15.8. The van der Waals surface area contributed by atoms with Crippen molar-refractivity contribution in [3.63, 3.8) is 0 Å². The fourth-order valence-electron chi connectivity index (χ4n) is 2.93. The summed E-state index contributed by atoms with van der Waals surface area (Å²) in [5, 5.41) is 0. The lowest BCUT2D eigenvalue weighted by molar-refractivity contribution is -0.121. The van der Waals surface area contributed by atoms with Crippen LogP contribution in [0.1, 0.15) is 27.9 Å². The Morgan fingerprint density at radius 1 is 0.818 bits per heavy atom. The normalized spacial score (nSPS) is 11.1. The Morgan fingerprint density at radius 2 is 1.48 bits per heavy atom. The van der Waals surface area contributed by atoms with Gasteiger partial charge in [-0.25, -0.2) is 21.9 Å². The van der Waals surface area contributed by atoms with Gasteiger partial charge in [-0.1, -0.05) is 42.5 Å². The van der Waals surface area contributed by atoms with Gasteiger partial charge in [-0.05, 0) is 42.3 Å². The molecule has 0 heterocycles. The summed E-state index contributed by atoms with van der Waals surface area (Å²) in [5.74, 6) is -2.93. The van der Waals surface area contributed by atoms with E-state index in [1.165, 1.54) is 30.3 Å². The fraction of sp³-hybridized carbons (Fsp3) is 0.130. The molecule has 7 nitrogen and oxygen atoms in total. The molecular weight excluding hydrogens is 452 g/mol. The van der Waals surface area contributed by atoms with Gasteiger partial charge in [0, 0.05) is 24.1 Å². The number of hydrazine groups is 1. The van der Waals surface area contributed by atoms with Crippen molar-refractivity contribution in [3.8, 4) is 0 Å². The largest absolute Gasteiger partial charge is 0.273 e. The minimum Gasteiger partial charge on any atom is -0.273 e. The number of amides is 2. The van der Waals surface area contributed by atoms with Crippen LogP contribution in [0.15, 0.2) is 77.7 Å².